The first kappa shape index (κ1) is 16.6. The van der Waals surface area contributed by atoms with Crippen molar-refractivity contribution in [3.63, 3.8) is 0 Å². The largest absolute Gasteiger partial charge is 0.342 e. The molecule has 3 aliphatic rings. The molecule has 6 nitrogen and oxygen atoms in total. The number of carbonyl (C=O) groups excluding carboxylic acids is 2. The van der Waals surface area contributed by atoms with E-state index in [0.29, 0.717) is 25.4 Å². The summed E-state index contributed by atoms with van der Waals surface area (Å²) in [5.74, 6) is 0.865. The SMILES string of the molecule is Cc1cc(C)n([C@H]2CCCN(C(=O)[C@@H]3CC(=O)N(CC4CC4)C3)C2)n1. The van der Waals surface area contributed by atoms with Crippen LogP contribution in [-0.2, 0) is 9.59 Å². The van der Waals surface area contributed by atoms with Gasteiger partial charge in [-0.3, -0.25) is 14.3 Å². The standard InChI is InChI=1S/C19H28N4O2/c1-13-8-14(2)23(20-13)17-4-3-7-21(12-17)19(25)16-9-18(24)22(11-16)10-15-5-6-15/h8,15-17H,3-7,9-12H2,1-2H3/t16-,17+/m1/s1. The Morgan fingerprint density at radius 2 is 2.04 bits per heavy atom. The molecule has 2 saturated heterocycles. The second-order valence-electron chi connectivity index (χ2n) is 8.10. The second-order valence-corrected chi connectivity index (χ2v) is 8.10. The molecule has 3 heterocycles. The Balaban J connectivity index is 1.40. The van der Waals surface area contributed by atoms with Gasteiger partial charge in [0.2, 0.25) is 11.8 Å². The lowest BCUT2D eigenvalue weighted by atomic mass is 10.0. The maximum absolute atomic E-state index is 13.0. The number of aryl methyl sites for hydroxylation is 2. The van der Waals surface area contributed by atoms with E-state index in [9.17, 15) is 9.59 Å². The number of piperidine rings is 1. The maximum atomic E-state index is 13.0. The predicted molar refractivity (Wildman–Crippen MR) is 94.0 cm³/mol. The van der Waals surface area contributed by atoms with Crippen LogP contribution in [0.1, 0.15) is 49.5 Å². The molecule has 25 heavy (non-hydrogen) atoms. The Morgan fingerprint density at radius 1 is 1.24 bits per heavy atom. The molecule has 3 fully saturated rings. The van der Waals surface area contributed by atoms with E-state index in [2.05, 4.69) is 22.8 Å². The summed E-state index contributed by atoms with van der Waals surface area (Å²) in [5, 5.41) is 4.61. The highest BCUT2D eigenvalue weighted by Gasteiger charge is 2.39. The normalized spacial score (nSPS) is 27.2. The first-order valence-corrected chi connectivity index (χ1v) is 9.60. The molecular formula is C19H28N4O2. The fourth-order valence-corrected chi connectivity index (χ4v) is 4.35. The van der Waals surface area contributed by atoms with Crippen LogP contribution in [0.25, 0.3) is 0 Å². The zero-order valence-electron chi connectivity index (χ0n) is 15.3. The van der Waals surface area contributed by atoms with Gasteiger partial charge in [-0.2, -0.15) is 5.10 Å². The van der Waals surface area contributed by atoms with Crippen molar-refractivity contribution in [2.75, 3.05) is 26.2 Å². The quantitative estimate of drug-likeness (QED) is 0.838. The summed E-state index contributed by atoms with van der Waals surface area (Å²) in [6.07, 6.45) is 4.93. The maximum Gasteiger partial charge on any atom is 0.228 e. The van der Waals surface area contributed by atoms with Crippen LogP contribution in [-0.4, -0.2) is 57.6 Å². The van der Waals surface area contributed by atoms with E-state index in [1.54, 1.807) is 0 Å². The Labute approximate surface area is 149 Å². The smallest absolute Gasteiger partial charge is 0.228 e. The molecule has 1 saturated carbocycles. The number of aromatic nitrogens is 2. The average molecular weight is 344 g/mol. The fourth-order valence-electron chi connectivity index (χ4n) is 4.35. The van der Waals surface area contributed by atoms with E-state index in [1.165, 1.54) is 12.8 Å². The van der Waals surface area contributed by atoms with Gasteiger partial charge in [0.1, 0.15) is 0 Å². The molecule has 4 rings (SSSR count). The Hall–Kier alpha value is -1.85. The first-order chi connectivity index (χ1) is 12.0. The van der Waals surface area contributed by atoms with Crippen LogP contribution in [0.15, 0.2) is 6.07 Å². The van der Waals surface area contributed by atoms with Crippen LogP contribution < -0.4 is 0 Å². The lowest BCUT2D eigenvalue weighted by Crippen LogP contribution is -2.44. The third-order valence-corrected chi connectivity index (χ3v) is 5.84. The topological polar surface area (TPSA) is 58.4 Å². The summed E-state index contributed by atoms with van der Waals surface area (Å²) < 4.78 is 2.08. The monoisotopic (exact) mass is 344 g/mol. The van der Waals surface area contributed by atoms with Crippen molar-refractivity contribution in [2.45, 2.75) is 52.0 Å². The molecule has 6 heteroatoms. The van der Waals surface area contributed by atoms with Crippen LogP contribution in [0, 0.1) is 25.7 Å². The van der Waals surface area contributed by atoms with Crippen molar-refractivity contribution in [1.82, 2.24) is 19.6 Å². The first-order valence-electron chi connectivity index (χ1n) is 9.60. The summed E-state index contributed by atoms with van der Waals surface area (Å²) in [4.78, 5) is 29.1. The minimum atomic E-state index is -0.148. The molecule has 2 amide bonds. The predicted octanol–water partition coefficient (Wildman–Crippen LogP) is 1.92. The molecule has 0 spiro atoms. The van der Waals surface area contributed by atoms with E-state index in [-0.39, 0.29) is 23.8 Å². The van der Waals surface area contributed by atoms with Gasteiger partial charge in [-0.05, 0) is 51.5 Å². The van der Waals surface area contributed by atoms with Crippen molar-refractivity contribution in [3.8, 4) is 0 Å². The van der Waals surface area contributed by atoms with Gasteiger partial charge in [-0.15, -0.1) is 0 Å². The van der Waals surface area contributed by atoms with E-state index in [0.717, 1.165) is 37.3 Å². The van der Waals surface area contributed by atoms with Crippen LogP contribution in [0.4, 0.5) is 0 Å². The molecule has 2 aliphatic heterocycles. The lowest BCUT2D eigenvalue weighted by Gasteiger charge is -2.34. The summed E-state index contributed by atoms with van der Waals surface area (Å²) in [6, 6.07) is 2.35. The summed E-state index contributed by atoms with van der Waals surface area (Å²) in [5.41, 5.74) is 2.18. The summed E-state index contributed by atoms with van der Waals surface area (Å²) >= 11 is 0. The summed E-state index contributed by atoms with van der Waals surface area (Å²) in [6.45, 7) is 7.09. The molecule has 1 aromatic heterocycles. The number of likely N-dealkylation sites (tertiary alicyclic amines) is 2. The van der Waals surface area contributed by atoms with Gasteiger partial charge in [0.05, 0.1) is 17.7 Å². The number of carbonyl (C=O) groups is 2. The molecule has 0 radical (unpaired) electrons. The number of amides is 2. The van der Waals surface area contributed by atoms with Crippen molar-refractivity contribution in [2.24, 2.45) is 11.8 Å². The third-order valence-electron chi connectivity index (χ3n) is 5.84. The lowest BCUT2D eigenvalue weighted by molar-refractivity contribution is -0.137. The molecule has 1 aliphatic carbocycles. The van der Waals surface area contributed by atoms with Gasteiger partial charge >= 0.3 is 0 Å². The highest BCUT2D eigenvalue weighted by molar-refractivity contribution is 5.89. The molecule has 0 unspecified atom stereocenters. The zero-order valence-corrected chi connectivity index (χ0v) is 15.3. The van der Waals surface area contributed by atoms with Crippen molar-refractivity contribution < 1.29 is 9.59 Å². The van der Waals surface area contributed by atoms with E-state index in [4.69, 9.17) is 0 Å². The van der Waals surface area contributed by atoms with Crippen molar-refractivity contribution >= 4 is 11.8 Å². The van der Waals surface area contributed by atoms with Crippen LogP contribution in [0.5, 0.6) is 0 Å². The van der Waals surface area contributed by atoms with Crippen molar-refractivity contribution in [3.05, 3.63) is 17.5 Å². The number of hydrogen-bond acceptors (Lipinski definition) is 3. The van der Waals surface area contributed by atoms with Crippen molar-refractivity contribution in [1.29, 1.82) is 0 Å². The van der Waals surface area contributed by atoms with Crippen LogP contribution >= 0.6 is 0 Å². The average Bonchev–Trinajstić information content (AvgIpc) is 3.24. The summed E-state index contributed by atoms with van der Waals surface area (Å²) in [7, 11) is 0. The molecule has 0 bridgehead atoms. The third kappa shape index (κ3) is 3.44. The van der Waals surface area contributed by atoms with E-state index in [1.807, 2.05) is 16.7 Å². The van der Waals surface area contributed by atoms with Gasteiger partial charge in [0.25, 0.3) is 0 Å². The molecular weight excluding hydrogens is 316 g/mol. The van der Waals surface area contributed by atoms with Crippen LogP contribution in [0.2, 0.25) is 0 Å². The van der Waals surface area contributed by atoms with Gasteiger partial charge < -0.3 is 9.80 Å². The molecule has 0 aromatic carbocycles. The van der Waals surface area contributed by atoms with Gasteiger partial charge in [-0.25, -0.2) is 0 Å². The number of nitrogens with zero attached hydrogens (tertiary/aromatic N) is 4. The Kier molecular flexibility index (Phi) is 4.29. The molecule has 2 atom stereocenters. The fraction of sp³-hybridized carbons (Fsp3) is 0.737. The molecule has 1 aromatic rings. The van der Waals surface area contributed by atoms with Gasteiger partial charge in [-0.1, -0.05) is 0 Å². The van der Waals surface area contributed by atoms with E-state index < -0.39 is 0 Å². The number of rotatable bonds is 4. The Morgan fingerprint density at radius 3 is 2.72 bits per heavy atom. The molecule has 0 N–H and O–H groups in total. The number of hydrogen-bond donors (Lipinski definition) is 0. The van der Waals surface area contributed by atoms with Gasteiger partial charge in [0.15, 0.2) is 0 Å². The molecule has 136 valence electrons. The minimum absolute atomic E-state index is 0.148. The van der Waals surface area contributed by atoms with Gasteiger partial charge in [0, 0.05) is 38.3 Å². The second kappa shape index (κ2) is 6.46. The minimum Gasteiger partial charge on any atom is -0.342 e. The highest BCUT2D eigenvalue weighted by Crippen LogP contribution is 2.33. The highest BCUT2D eigenvalue weighted by atomic mass is 16.2. The van der Waals surface area contributed by atoms with Crippen LogP contribution in [0.3, 0.4) is 0 Å². The Bertz CT molecular complexity index is 679. The zero-order chi connectivity index (χ0) is 17.6. The van der Waals surface area contributed by atoms with E-state index >= 15 is 0 Å².